The molecular weight excluding hydrogens is 310 g/mol. The Morgan fingerprint density at radius 3 is 2.87 bits per heavy atom. The lowest BCUT2D eigenvalue weighted by Crippen LogP contribution is -2.57. The van der Waals surface area contributed by atoms with E-state index in [0.717, 1.165) is 50.6 Å². The zero-order valence-electron chi connectivity index (χ0n) is 14.0. The van der Waals surface area contributed by atoms with Crippen molar-refractivity contribution in [2.24, 2.45) is 0 Å². The molecule has 1 N–H and O–H groups in total. The van der Waals surface area contributed by atoms with E-state index in [2.05, 4.69) is 24.1 Å². The molecule has 3 heterocycles. The second-order valence-corrected chi connectivity index (χ2v) is 7.56. The number of nitrogens with one attached hydrogen (secondary N) is 1. The fraction of sp³-hybridized carbons (Fsp3) is 0.706. The van der Waals surface area contributed by atoms with Crippen LogP contribution in [0.4, 0.5) is 5.13 Å². The van der Waals surface area contributed by atoms with Crippen molar-refractivity contribution in [3.8, 4) is 0 Å². The molecule has 3 rings (SSSR count). The third kappa shape index (κ3) is 2.89. The highest BCUT2D eigenvalue weighted by molar-refractivity contribution is 7.15. The minimum atomic E-state index is -0.627. The van der Waals surface area contributed by atoms with Crippen LogP contribution < -0.4 is 5.32 Å². The zero-order valence-corrected chi connectivity index (χ0v) is 14.8. The van der Waals surface area contributed by atoms with Crippen molar-refractivity contribution in [1.82, 2.24) is 9.88 Å². The van der Waals surface area contributed by atoms with Crippen LogP contribution in [0.5, 0.6) is 0 Å². The standard InChI is InChI=1S/C17H25N3O2S/c1-3-7-12-13(4-2)23-16(18-12)19-15(22)17-9-5-8-14(21)20(17)11-6-10-17/h3-11H2,1-2H3,(H,18,19,22). The third-order valence-electron chi connectivity index (χ3n) is 5.00. The zero-order chi connectivity index (χ0) is 16.4. The highest BCUT2D eigenvalue weighted by atomic mass is 32.1. The number of carbonyl (C=O) groups is 2. The van der Waals surface area contributed by atoms with Gasteiger partial charge in [0.2, 0.25) is 5.91 Å². The van der Waals surface area contributed by atoms with Crippen molar-refractivity contribution in [2.45, 2.75) is 70.8 Å². The van der Waals surface area contributed by atoms with Gasteiger partial charge in [0.05, 0.1) is 5.69 Å². The number of aromatic nitrogens is 1. The first kappa shape index (κ1) is 16.4. The van der Waals surface area contributed by atoms with Gasteiger partial charge in [-0.25, -0.2) is 4.98 Å². The number of nitrogens with zero attached hydrogens (tertiary/aromatic N) is 2. The van der Waals surface area contributed by atoms with Crippen LogP contribution >= 0.6 is 11.3 Å². The minimum Gasteiger partial charge on any atom is -0.328 e. The Labute approximate surface area is 141 Å². The lowest BCUT2D eigenvalue weighted by molar-refractivity contribution is -0.146. The highest BCUT2D eigenvalue weighted by Gasteiger charge is 2.51. The number of amides is 2. The van der Waals surface area contributed by atoms with Gasteiger partial charge in [-0.15, -0.1) is 11.3 Å². The molecule has 0 aromatic carbocycles. The molecule has 1 unspecified atom stereocenters. The van der Waals surface area contributed by atoms with Gasteiger partial charge >= 0.3 is 0 Å². The van der Waals surface area contributed by atoms with Crippen LogP contribution in [0, 0.1) is 0 Å². The summed E-state index contributed by atoms with van der Waals surface area (Å²) in [5, 5.41) is 3.71. The number of carbonyl (C=O) groups excluding carboxylic acids is 2. The Morgan fingerprint density at radius 1 is 1.35 bits per heavy atom. The third-order valence-corrected chi connectivity index (χ3v) is 6.16. The second kappa shape index (κ2) is 6.59. The normalized spacial score (nSPS) is 23.9. The van der Waals surface area contributed by atoms with E-state index in [4.69, 9.17) is 0 Å². The summed E-state index contributed by atoms with van der Waals surface area (Å²) in [5.74, 6) is 0.0893. The molecular formula is C17H25N3O2S. The van der Waals surface area contributed by atoms with E-state index < -0.39 is 5.54 Å². The molecule has 2 amide bonds. The van der Waals surface area contributed by atoms with Gasteiger partial charge in [-0.1, -0.05) is 20.3 Å². The van der Waals surface area contributed by atoms with Crippen LogP contribution in [0.2, 0.25) is 0 Å². The number of rotatable bonds is 5. The lowest BCUT2D eigenvalue weighted by Gasteiger charge is -2.40. The molecule has 23 heavy (non-hydrogen) atoms. The number of fused-ring (bicyclic) bond motifs is 1. The van der Waals surface area contributed by atoms with Gasteiger partial charge in [0.15, 0.2) is 5.13 Å². The van der Waals surface area contributed by atoms with E-state index in [-0.39, 0.29) is 11.8 Å². The monoisotopic (exact) mass is 335 g/mol. The van der Waals surface area contributed by atoms with E-state index in [1.165, 1.54) is 4.88 Å². The quantitative estimate of drug-likeness (QED) is 0.899. The van der Waals surface area contributed by atoms with E-state index in [9.17, 15) is 9.59 Å². The molecule has 1 aromatic rings. The predicted molar refractivity (Wildman–Crippen MR) is 91.6 cm³/mol. The Hall–Kier alpha value is -1.43. The molecule has 1 aromatic heterocycles. The van der Waals surface area contributed by atoms with Crippen molar-refractivity contribution in [1.29, 1.82) is 0 Å². The maximum absolute atomic E-state index is 12.9. The van der Waals surface area contributed by atoms with Gasteiger partial charge in [-0.05, 0) is 38.5 Å². The first-order chi connectivity index (χ1) is 11.1. The molecule has 5 nitrogen and oxygen atoms in total. The second-order valence-electron chi connectivity index (χ2n) is 6.48. The topological polar surface area (TPSA) is 62.3 Å². The van der Waals surface area contributed by atoms with Crippen molar-refractivity contribution in [3.05, 3.63) is 10.6 Å². The van der Waals surface area contributed by atoms with Crippen molar-refractivity contribution >= 4 is 28.3 Å². The van der Waals surface area contributed by atoms with Gasteiger partial charge in [0.25, 0.3) is 5.91 Å². The van der Waals surface area contributed by atoms with Gasteiger partial charge < -0.3 is 4.90 Å². The summed E-state index contributed by atoms with van der Waals surface area (Å²) in [7, 11) is 0. The summed E-state index contributed by atoms with van der Waals surface area (Å²) >= 11 is 1.58. The Balaban J connectivity index is 1.79. The summed E-state index contributed by atoms with van der Waals surface area (Å²) in [5.41, 5.74) is 0.481. The fourth-order valence-corrected chi connectivity index (χ4v) is 4.82. The van der Waals surface area contributed by atoms with Gasteiger partial charge in [0.1, 0.15) is 5.54 Å². The Bertz CT molecular complexity index is 613. The molecule has 0 bridgehead atoms. The summed E-state index contributed by atoms with van der Waals surface area (Å²) < 4.78 is 0. The number of piperidine rings is 1. The first-order valence-electron chi connectivity index (χ1n) is 8.71. The predicted octanol–water partition coefficient (Wildman–Crippen LogP) is 3.14. The number of aryl methyl sites for hydroxylation is 2. The molecule has 0 aliphatic carbocycles. The summed E-state index contributed by atoms with van der Waals surface area (Å²) in [4.78, 5) is 32.8. The first-order valence-corrected chi connectivity index (χ1v) is 9.53. The van der Waals surface area contributed by atoms with E-state index in [1.807, 2.05) is 4.90 Å². The van der Waals surface area contributed by atoms with Gasteiger partial charge in [-0.3, -0.25) is 14.9 Å². The molecule has 0 saturated carbocycles. The summed E-state index contributed by atoms with van der Waals surface area (Å²) in [6.45, 7) is 4.97. The van der Waals surface area contributed by atoms with Crippen molar-refractivity contribution < 1.29 is 9.59 Å². The molecule has 0 radical (unpaired) electrons. The molecule has 126 valence electrons. The molecule has 6 heteroatoms. The molecule has 0 spiro atoms. The smallest absolute Gasteiger partial charge is 0.252 e. The van der Waals surface area contributed by atoms with E-state index in [1.54, 1.807) is 11.3 Å². The summed E-state index contributed by atoms with van der Waals surface area (Å²) in [6, 6.07) is 0. The van der Waals surface area contributed by atoms with Gasteiger partial charge in [0, 0.05) is 17.8 Å². The van der Waals surface area contributed by atoms with Crippen molar-refractivity contribution in [2.75, 3.05) is 11.9 Å². The van der Waals surface area contributed by atoms with Crippen LogP contribution in [0.1, 0.15) is 62.9 Å². The Kier molecular flexibility index (Phi) is 4.71. The molecule has 2 aliphatic heterocycles. The maximum atomic E-state index is 12.9. The van der Waals surface area contributed by atoms with E-state index in [0.29, 0.717) is 18.1 Å². The number of hydrogen-bond donors (Lipinski definition) is 1. The number of hydrogen-bond acceptors (Lipinski definition) is 4. The summed E-state index contributed by atoms with van der Waals surface area (Å²) in [6.07, 6.45) is 6.80. The average Bonchev–Trinajstić information content (AvgIpc) is 3.13. The largest absolute Gasteiger partial charge is 0.328 e. The van der Waals surface area contributed by atoms with Crippen LogP contribution in [0.25, 0.3) is 0 Å². The fourth-order valence-electron chi connectivity index (χ4n) is 3.88. The average molecular weight is 335 g/mol. The van der Waals surface area contributed by atoms with Crippen LogP contribution in [-0.2, 0) is 22.4 Å². The molecule has 2 fully saturated rings. The lowest BCUT2D eigenvalue weighted by atomic mass is 9.85. The van der Waals surface area contributed by atoms with Gasteiger partial charge in [-0.2, -0.15) is 0 Å². The molecule has 2 saturated heterocycles. The van der Waals surface area contributed by atoms with Crippen LogP contribution in [0.3, 0.4) is 0 Å². The van der Waals surface area contributed by atoms with E-state index >= 15 is 0 Å². The maximum Gasteiger partial charge on any atom is 0.252 e. The van der Waals surface area contributed by atoms with Crippen LogP contribution in [-0.4, -0.2) is 33.8 Å². The number of anilines is 1. The van der Waals surface area contributed by atoms with Crippen LogP contribution in [0.15, 0.2) is 0 Å². The minimum absolute atomic E-state index is 0.0394. The molecule has 2 aliphatic rings. The Morgan fingerprint density at radius 2 is 2.13 bits per heavy atom. The molecule has 1 atom stereocenters. The SMILES string of the molecule is CCCc1nc(NC(=O)C23CCCC(=O)N2CCC3)sc1CC. The van der Waals surface area contributed by atoms with Crippen molar-refractivity contribution in [3.63, 3.8) is 0 Å². The highest BCUT2D eigenvalue weighted by Crippen LogP contribution is 2.39. The number of thiazole rings is 1.